The molecule has 1 atom stereocenters. The summed E-state index contributed by atoms with van der Waals surface area (Å²) in [6.07, 6.45) is 0.868. The number of aromatic nitrogens is 1. The summed E-state index contributed by atoms with van der Waals surface area (Å²) >= 11 is 1.70. The first-order valence-corrected chi connectivity index (χ1v) is 9.02. The SMILES string of the molecule is CC(C)c1nc(CN[C@@H]2CCN(Cc3ccccc3)C2=O)cs1. The number of nitrogens with one attached hydrogen (secondary N) is 1. The van der Waals surface area contributed by atoms with Gasteiger partial charge >= 0.3 is 0 Å². The van der Waals surface area contributed by atoms with Crippen molar-refractivity contribution in [3.8, 4) is 0 Å². The maximum absolute atomic E-state index is 12.5. The zero-order valence-electron chi connectivity index (χ0n) is 13.7. The third-order valence-corrected chi connectivity index (χ3v) is 5.30. The van der Waals surface area contributed by atoms with Crippen LogP contribution in [-0.4, -0.2) is 28.4 Å². The van der Waals surface area contributed by atoms with E-state index in [2.05, 4.69) is 41.7 Å². The second-order valence-electron chi connectivity index (χ2n) is 6.30. The van der Waals surface area contributed by atoms with E-state index >= 15 is 0 Å². The first-order valence-electron chi connectivity index (χ1n) is 8.14. The van der Waals surface area contributed by atoms with E-state index in [-0.39, 0.29) is 11.9 Å². The molecule has 5 heteroatoms. The predicted molar refractivity (Wildman–Crippen MR) is 93.3 cm³/mol. The highest BCUT2D eigenvalue weighted by Gasteiger charge is 2.31. The van der Waals surface area contributed by atoms with Crippen molar-refractivity contribution < 1.29 is 4.79 Å². The van der Waals surface area contributed by atoms with Crippen LogP contribution in [0.4, 0.5) is 0 Å². The van der Waals surface area contributed by atoms with Gasteiger partial charge in [0.15, 0.2) is 0 Å². The van der Waals surface area contributed by atoms with Gasteiger partial charge in [0.25, 0.3) is 0 Å². The second-order valence-corrected chi connectivity index (χ2v) is 7.19. The molecule has 2 heterocycles. The largest absolute Gasteiger partial charge is 0.337 e. The average Bonchev–Trinajstić information content (AvgIpc) is 3.15. The summed E-state index contributed by atoms with van der Waals surface area (Å²) in [4.78, 5) is 19.0. The van der Waals surface area contributed by atoms with Gasteiger partial charge < -0.3 is 10.2 Å². The number of nitrogens with zero attached hydrogens (tertiary/aromatic N) is 2. The lowest BCUT2D eigenvalue weighted by Gasteiger charge is -2.17. The van der Waals surface area contributed by atoms with Crippen LogP contribution in [0.1, 0.15) is 42.5 Å². The summed E-state index contributed by atoms with van der Waals surface area (Å²) in [5.74, 6) is 0.663. The molecule has 0 aliphatic carbocycles. The third kappa shape index (κ3) is 3.98. The van der Waals surface area contributed by atoms with Crippen LogP contribution in [0.2, 0.25) is 0 Å². The lowest BCUT2D eigenvalue weighted by Crippen LogP contribution is -2.37. The van der Waals surface area contributed by atoms with E-state index < -0.39 is 0 Å². The van der Waals surface area contributed by atoms with Crippen LogP contribution in [0.25, 0.3) is 0 Å². The van der Waals surface area contributed by atoms with Crippen LogP contribution >= 0.6 is 11.3 Å². The lowest BCUT2D eigenvalue weighted by molar-refractivity contribution is -0.129. The molecule has 4 nitrogen and oxygen atoms in total. The number of rotatable bonds is 6. The van der Waals surface area contributed by atoms with E-state index in [1.807, 2.05) is 23.1 Å². The molecule has 122 valence electrons. The van der Waals surface area contributed by atoms with Gasteiger partial charge in [-0.25, -0.2) is 4.98 Å². The van der Waals surface area contributed by atoms with Crippen molar-refractivity contribution in [3.05, 3.63) is 52.0 Å². The minimum absolute atomic E-state index is 0.0806. The molecule has 1 N–H and O–H groups in total. The second kappa shape index (κ2) is 7.23. The highest BCUT2D eigenvalue weighted by atomic mass is 32.1. The molecule has 1 aliphatic rings. The summed E-state index contributed by atoms with van der Waals surface area (Å²) in [5, 5.41) is 6.61. The Kier molecular flexibility index (Phi) is 5.08. The van der Waals surface area contributed by atoms with Gasteiger partial charge in [0.05, 0.1) is 16.7 Å². The summed E-state index contributed by atoms with van der Waals surface area (Å²) < 4.78 is 0. The van der Waals surface area contributed by atoms with E-state index in [1.165, 1.54) is 5.56 Å². The van der Waals surface area contributed by atoms with Crippen molar-refractivity contribution in [3.63, 3.8) is 0 Å². The van der Waals surface area contributed by atoms with Gasteiger partial charge in [0, 0.05) is 30.9 Å². The number of thiazole rings is 1. The molecule has 0 radical (unpaired) electrons. The van der Waals surface area contributed by atoms with E-state index in [9.17, 15) is 4.79 Å². The zero-order valence-corrected chi connectivity index (χ0v) is 14.5. The summed E-state index contributed by atoms with van der Waals surface area (Å²) in [7, 11) is 0. The Bertz CT molecular complexity index is 653. The van der Waals surface area contributed by atoms with Crippen molar-refractivity contribution in [2.24, 2.45) is 0 Å². The van der Waals surface area contributed by atoms with Gasteiger partial charge in [-0.3, -0.25) is 4.79 Å². The minimum Gasteiger partial charge on any atom is -0.337 e. The Morgan fingerprint density at radius 3 is 2.83 bits per heavy atom. The molecular formula is C18H23N3OS. The molecule has 1 saturated heterocycles. The van der Waals surface area contributed by atoms with Crippen molar-refractivity contribution in [1.82, 2.24) is 15.2 Å². The van der Waals surface area contributed by atoms with Gasteiger partial charge in [-0.2, -0.15) is 0 Å². The molecule has 2 aromatic rings. The molecule has 0 unspecified atom stereocenters. The van der Waals surface area contributed by atoms with E-state index in [0.717, 1.165) is 23.7 Å². The van der Waals surface area contributed by atoms with Crippen LogP contribution < -0.4 is 5.32 Å². The van der Waals surface area contributed by atoms with E-state index in [0.29, 0.717) is 19.0 Å². The predicted octanol–water partition coefficient (Wildman–Crippen LogP) is 3.16. The molecule has 1 aromatic heterocycles. The number of hydrogen-bond donors (Lipinski definition) is 1. The van der Waals surface area contributed by atoms with Gasteiger partial charge in [0.1, 0.15) is 0 Å². The number of benzene rings is 1. The van der Waals surface area contributed by atoms with Crippen LogP contribution in [0.15, 0.2) is 35.7 Å². The lowest BCUT2D eigenvalue weighted by atomic mass is 10.2. The Hall–Kier alpha value is -1.72. The van der Waals surface area contributed by atoms with Crippen LogP contribution in [-0.2, 0) is 17.9 Å². The monoisotopic (exact) mass is 329 g/mol. The Morgan fingerprint density at radius 2 is 2.13 bits per heavy atom. The Morgan fingerprint density at radius 1 is 1.35 bits per heavy atom. The minimum atomic E-state index is -0.0806. The van der Waals surface area contributed by atoms with Crippen LogP contribution in [0, 0.1) is 0 Å². The van der Waals surface area contributed by atoms with E-state index in [4.69, 9.17) is 0 Å². The summed E-state index contributed by atoms with van der Waals surface area (Å²) in [6.45, 7) is 6.49. The maximum atomic E-state index is 12.5. The smallest absolute Gasteiger partial charge is 0.240 e. The van der Waals surface area contributed by atoms with Crippen molar-refractivity contribution in [2.45, 2.75) is 45.3 Å². The number of hydrogen-bond acceptors (Lipinski definition) is 4. The number of amides is 1. The van der Waals surface area contributed by atoms with Gasteiger partial charge in [-0.15, -0.1) is 11.3 Å². The first-order chi connectivity index (χ1) is 11.1. The summed E-state index contributed by atoms with van der Waals surface area (Å²) in [6, 6.07) is 10.1. The normalized spacial score (nSPS) is 18.1. The fourth-order valence-electron chi connectivity index (χ4n) is 2.79. The number of carbonyl (C=O) groups is 1. The highest BCUT2D eigenvalue weighted by molar-refractivity contribution is 7.09. The molecule has 1 amide bonds. The molecule has 23 heavy (non-hydrogen) atoms. The summed E-state index contributed by atoms with van der Waals surface area (Å²) in [5.41, 5.74) is 2.22. The van der Waals surface area contributed by atoms with Gasteiger partial charge in [-0.05, 0) is 12.0 Å². The molecular weight excluding hydrogens is 306 g/mol. The number of carbonyl (C=O) groups excluding carboxylic acids is 1. The third-order valence-electron chi connectivity index (χ3n) is 4.11. The maximum Gasteiger partial charge on any atom is 0.240 e. The molecule has 0 saturated carbocycles. The molecule has 1 aromatic carbocycles. The highest BCUT2D eigenvalue weighted by Crippen LogP contribution is 2.20. The zero-order chi connectivity index (χ0) is 16.2. The van der Waals surface area contributed by atoms with Crippen molar-refractivity contribution in [2.75, 3.05) is 6.54 Å². The Balaban J connectivity index is 1.52. The van der Waals surface area contributed by atoms with Gasteiger partial charge in [0.2, 0.25) is 5.91 Å². The van der Waals surface area contributed by atoms with Gasteiger partial charge in [-0.1, -0.05) is 44.2 Å². The molecule has 1 aliphatic heterocycles. The standard InChI is InChI=1S/C18H23N3OS/c1-13(2)17-20-15(12-23-17)10-19-16-8-9-21(18(16)22)11-14-6-4-3-5-7-14/h3-7,12-13,16,19H,8-11H2,1-2H3/t16-/m1/s1. The topological polar surface area (TPSA) is 45.2 Å². The molecule has 0 bridgehead atoms. The quantitative estimate of drug-likeness (QED) is 0.885. The molecule has 3 rings (SSSR count). The first kappa shape index (κ1) is 16.1. The molecule has 0 spiro atoms. The van der Waals surface area contributed by atoms with Crippen molar-refractivity contribution >= 4 is 17.2 Å². The average molecular weight is 329 g/mol. The fourth-order valence-corrected chi connectivity index (χ4v) is 3.62. The van der Waals surface area contributed by atoms with Crippen LogP contribution in [0.5, 0.6) is 0 Å². The Labute approximate surface area is 141 Å². The molecule has 1 fully saturated rings. The fraction of sp³-hybridized carbons (Fsp3) is 0.444. The van der Waals surface area contributed by atoms with E-state index in [1.54, 1.807) is 11.3 Å². The van der Waals surface area contributed by atoms with Crippen LogP contribution in [0.3, 0.4) is 0 Å². The van der Waals surface area contributed by atoms with Crippen molar-refractivity contribution in [1.29, 1.82) is 0 Å². The number of likely N-dealkylation sites (tertiary alicyclic amines) is 1.